The average molecular weight is 259 g/mol. The van der Waals surface area contributed by atoms with E-state index < -0.39 is 12.7 Å². The highest BCUT2D eigenvalue weighted by Gasteiger charge is 2.26. The molecule has 0 aliphatic carbocycles. The first kappa shape index (κ1) is 14.7. The number of halogens is 3. The number of Topliss-reactive ketones (excluding diaryl/α,β-unsaturated/α-hetero) is 1. The van der Waals surface area contributed by atoms with Gasteiger partial charge in [-0.05, 0) is 18.1 Å². The van der Waals surface area contributed by atoms with E-state index in [0.29, 0.717) is 5.56 Å². The Morgan fingerprint density at radius 2 is 2.06 bits per heavy atom. The van der Waals surface area contributed by atoms with Gasteiger partial charge in [0.15, 0.2) is 5.78 Å². The fourth-order valence-corrected chi connectivity index (χ4v) is 1.61. The lowest BCUT2D eigenvalue weighted by Gasteiger charge is -2.08. The second kappa shape index (κ2) is 6.54. The van der Waals surface area contributed by atoms with Crippen LogP contribution in [-0.2, 0) is 6.42 Å². The largest absolute Gasteiger partial charge is 0.401 e. The number of alkyl halides is 3. The summed E-state index contributed by atoms with van der Waals surface area (Å²) in [7, 11) is 0. The Balaban J connectivity index is 2.53. The Labute approximate surface area is 104 Å². The summed E-state index contributed by atoms with van der Waals surface area (Å²) >= 11 is 0. The van der Waals surface area contributed by atoms with Gasteiger partial charge in [-0.25, -0.2) is 0 Å². The first-order valence-corrected chi connectivity index (χ1v) is 5.82. The summed E-state index contributed by atoms with van der Waals surface area (Å²) in [5.74, 6) is -0.322. The van der Waals surface area contributed by atoms with E-state index in [9.17, 15) is 18.0 Å². The molecule has 0 saturated carbocycles. The van der Waals surface area contributed by atoms with E-state index >= 15 is 0 Å². The van der Waals surface area contributed by atoms with Crippen molar-refractivity contribution in [3.05, 3.63) is 35.4 Å². The molecule has 0 fully saturated rings. The maximum absolute atomic E-state index is 11.9. The number of hydrogen-bond acceptors (Lipinski definition) is 2. The van der Waals surface area contributed by atoms with Gasteiger partial charge in [-0.1, -0.05) is 31.5 Å². The number of carbonyl (C=O) groups is 1. The van der Waals surface area contributed by atoms with Gasteiger partial charge in [0, 0.05) is 5.56 Å². The molecule has 0 saturated heterocycles. The topological polar surface area (TPSA) is 29.1 Å². The number of rotatable bonds is 6. The molecule has 1 rings (SSSR count). The Kier molecular flexibility index (Phi) is 5.34. The predicted octanol–water partition coefficient (Wildman–Crippen LogP) is 2.97. The predicted molar refractivity (Wildman–Crippen MR) is 63.7 cm³/mol. The minimum atomic E-state index is -4.29. The SMILES string of the molecule is CCCc1cccc(C(=O)CNCC(F)(F)F)c1. The number of carbonyl (C=O) groups excluding carboxylic acids is 1. The fourth-order valence-electron chi connectivity index (χ4n) is 1.61. The molecule has 1 N–H and O–H groups in total. The lowest BCUT2D eigenvalue weighted by molar-refractivity contribution is -0.124. The highest BCUT2D eigenvalue weighted by molar-refractivity contribution is 5.97. The molecule has 18 heavy (non-hydrogen) atoms. The highest BCUT2D eigenvalue weighted by Crippen LogP contribution is 2.12. The van der Waals surface area contributed by atoms with Crippen molar-refractivity contribution < 1.29 is 18.0 Å². The Bertz CT molecular complexity index is 401. The molecule has 1 aromatic rings. The number of ketones is 1. The molecule has 0 unspecified atom stereocenters. The average Bonchev–Trinajstić information content (AvgIpc) is 2.28. The molecule has 0 aliphatic rings. The van der Waals surface area contributed by atoms with Gasteiger partial charge in [0.2, 0.25) is 0 Å². The van der Waals surface area contributed by atoms with Crippen LogP contribution in [0.2, 0.25) is 0 Å². The summed E-state index contributed by atoms with van der Waals surface area (Å²) in [4.78, 5) is 11.7. The van der Waals surface area contributed by atoms with Crippen LogP contribution in [0.25, 0.3) is 0 Å². The zero-order valence-corrected chi connectivity index (χ0v) is 10.2. The fraction of sp³-hybridized carbons (Fsp3) is 0.462. The lowest BCUT2D eigenvalue weighted by atomic mass is 10.0. The van der Waals surface area contributed by atoms with Crippen LogP contribution in [-0.4, -0.2) is 25.0 Å². The molecule has 0 radical (unpaired) electrons. The van der Waals surface area contributed by atoms with Crippen molar-refractivity contribution in [3.63, 3.8) is 0 Å². The van der Waals surface area contributed by atoms with E-state index in [1.54, 1.807) is 18.2 Å². The van der Waals surface area contributed by atoms with Crippen LogP contribution < -0.4 is 5.32 Å². The molecule has 0 amide bonds. The lowest BCUT2D eigenvalue weighted by Crippen LogP contribution is -2.32. The van der Waals surface area contributed by atoms with Gasteiger partial charge in [-0.15, -0.1) is 0 Å². The third-order valence-corrected chi connectivity index (χ3v) is 2.40. The Morgan fingerprint density at radius 1 is 1.33 bits per heavy atom. The van der Waals surface area contributed by atoms with Gasteiger partial charge >= 0.3 is 6.18 Å². The monoisotopic (exact) mass is 259 g/mol. The number of hydrogen-bond donors (Lipinski definition) is 1. The van der Waals surface area contributed by atoms with Crippen molar-refractivity contribution >= 4 is 5.78 Å². The van der Waals surface area contributed by atoms with Gasteiger partial charge in [0.05, 0.1) is 13.1 Å². The first-order chi connectivity index (χ1) is 8.42. The summed E-state index contributed by atoms with van der Waals surface area (Å²) in [6.45, 7) is 0.585. The zero-order chi connectivity index (χ0) is 13.6. The van der Waals surface area contributed by atoms with Crippen LogP contribution >= 0.6 is 0 Å². The quantitative estimate of drug-likeness (QED) is 0.796. The van der Waals surface area contributed by atoms with Crippen LogP contribution in [0.1, 0.15) is 29.3 Å². The summed E-state index contributed by atoms with van der Waals surface area (Å²) in [5.41, 5.74) is 1.48. The Morgan fingerprint density at radius 3 is 2.67 bits per heavy atom. The Hall–Kier alpha value is -1.36. The van der Waals surface area contributed by atoms with E-state index in [0.717, 1.165) is 18.4 Å². The molecule has 0 aliphatic heterocycles. The minimum absolute atomic E-state index is 0.297. The van der Waals surface area contributed by atoms with Crippen LogP contribution in [0.15, 0.2) is 24.3 Å². The number of nitrogens with one attached hydrogen (secondary N) is 1. The molecule has 0 aromatic heterocycles. The molecule has 100 valence electrons. The van der Waals surface area contributed by atoms with Gasteiger partial charge in [0.1, 0.15) is 0 Å². The molecule has 5 heteroatoms. The van der Waals surface area contributed by atoms with Crippen LogP contribution in [0, 0.1) is 0 Å². The van der Waals surface area contributed by atoms with Crippen molar-refractivity contribution in [1.29, 1.82) is 0 Å². The van der Waals surface area contributed by atoms with E-state index in [1.807, 2.05) is 13.0 Å². The molecule has 0 bridgehead atoms. The first-order valence-electron chi connectivity index (χ1n) is 5.82. The molecule has 2 nitrogen and oxygen atoms in total. The van der Waals surface area contributed by atoms with E-state index in [4.69, 9.17) is 0 Å². The molecule has 0 atom stereocenters. The van der Waals surface area contributed by atoms with Crippen molar-refractivity contribution in [1.82, 2.24) is 5.32 Å². The second-order valence-electron chi connectivity index (χ2n) is 4.09. The van der Waals surface area contributed by atoms with Crippen molar-refractivity contribution in [3.8, 4) is 0 Å². The van der Waals surface area contributed by atoms with Gasteiger partial charge in [-0.3, -0.25) is 4.79 Å². The van der Waals surface area contributed by atoms with Gasteiger partial charge < -0.3 is 5.32 Å². The number of aryl methyl sites for hydroxylation is 1. The molecular formula is C13H16F3NO. The van der Waals surface area contributed by atoms with Crippen molar-refractivity contribution in [2.24, 2.45) is 0 Å². The smallest absolute Gasteiger partial charge is 0.302 e. The summed E-state index contributed by atoms with van der Waals surface area (Å²) in [6.07, 6.45) is -2.47. The van der Waals surface area contributed by atoms with Crippen LogP contribution in [0.5, 0.6) is 0 Å². The van der Waals surface area contributed by atoms with Crippen molar-refractivity contribution in [2.45, 2.75) is 25.9 Å². The van der Waals surface area contributed by atoms with E-state index in [1.165, 1.54) is 0 Å². The molecule has 1 aromatic carbocycles. The molecular weight excluding hydrogens is 243 g/mol. The zero-order valence-electron chi connectivity index (χ0n) is 10.2. The summed E-state index contributed by atoms with van der Waals surface area (Å²) in [6, 6.07) is 7.02. The van der Waals surface area contributed by atoms with Crippen LogP contribution in [0.4, 0.5) is 13.2 Å². The van der Waals surface area contributed by atoms with E-state index in [2.05, 4.69) is 5.32 Å². The number of benzene rings is 1. The molecule has 0 spiro atoms. The van der Waals surface area contributed by atoms with Gasteiger partial charge in [0.25, 0.3) is 0 Å². The normalized spacial score (nSPS) is 11.6. The van der Waals surface area contributed by atoms with Crippen LogP contribution in [0.3, 0.4) is 0 Å². The molecule has 0 heterocycles. The van der Waals surface area contributed by atoms with Gasteiger partial charge in [-0.2, -0.15) is 13.2 Å². The second-order valence-corrected chi connectivity index (χ2v) is 4.09. The highest BCUT2D eigenvalue weighted by atomic mass is 19.4. The van der Waals surface area contributed by atoms with Crippen molar-refractivity contribution in [2.75, 3.05) is 13.1 Å². The van der Waals surface area contributed by atoms with E-state index in [-0.39, 0.29) is 12.3 Å². The third-order valence-electron chi connectivity index (χ3n) is 2.40. The minimum Gasteiger partial charge on any atom is -0.302 e. The summed E-state index contributed by atoms with van der Waals surface area (Å²) < 4.78 is 35.7. The summed E-state index contributed by atoms with van der Waals surface area (Å²) in [5, 5.41) is 2.10. The maximum atomic E-state index is 11.9. The standard InChI is InChI=1S/C13H16F3NO/c1-2-4-10-5-3-6-11(7-10)12(18)8-17-9-13(14,15)16/h3,5-7,17H,2,4,8-9H2,1H3. The maximum Gasteiger partial charge on any atom is 0.401 e. The third kappa shape index (κ3) is 5.31.